The number of hydrogen-bond donors (Lipinski definition) is 1. The minimum atomic E-state index is -0.890. The van der Waals surface area contributed by atoms with Gasteiger partial charge < -0.3 is 14.8 Å². The van der Waals surface area contributed by atoms with Crippen molar-refractivity contribution in [2.45, 2.75) is 51.2 Å². The number of methoxy groups -OCH3 is 1. The van der Waals surface area contributed by atoms with Crippen molar-refractivity contribution >= 4 is 35.1 Å². The van der Waals surface area contributed by atoms with Gasteiger partial charge in [-0.3, -0.25) is 4.79 Å². The largest absolute Gasteiger partial charge is 0.494 e. The van der Waals surface area contributed by atoms with Crippen molar-refractivity contribution in [2.24, 2.45) is 0 Å². The first-order chi connectivity index (χ1) is 11.4. The lowest BCUT2D eigenvalue weighted by Crippen LogP contribution is -2.42. The Labute approximate surface area is 151 Å². The third-order valence-corrected chi connectivity index (χ3v) is 4.60. The van der Waals surface area contributed by atoms with Crippen LogP contribution >= 0.6 is 23.2 Å². The third kappa shape index (κ3) is 4.77. The van der Waals surface area contributed by atoms with E-state index in [2.05, 4.69) is 5.32 Å². The average Bonchev–Trinajstić information content (AvgIpc) is 2.55. The van der Waals surface area contributed by atoms with Crippen LogP contribution in [0, 0.1) is 0 Å². The molecule has 1 aliphatic rings. The molecule has 1 N–H and O–H groups in total. The fourth-order valence-corrected chi connectivity index (χ4v) is 3.36. The average molecular weight is 374 g/mol. The van der Waals surface area contributed by atoms with Crippen molar-refractivity contribution in [1.29, 1.82) is 0 Å². The molecule has 5 nitrogen and oxygen atoms in total. The summed E-state index contributed by atoms with van der Waals surface area (Å²) in [5, 5.41) is 3.34. The van der Waals surface area contributed by atoms with Crippen LogP contribution in [-0.4, -0.2) is 31.1 Å². The highest BCUT2D eigenvalue weighted by molar-refractivity contribution is 6.37. The molecule has 132 valence electrons. The van der Waals surface area contributed by atoms with E-state index < -0.39 is 12.1 Å². The lowest BCUT2D eigenvalue weighted by Gasteiger charge is -2.24. The molecular weight excluding hydrogens is 353 g/mol. The van der Waals surface area contributed by atoms with Crippen molar-refractivity contribution in [3.05, 3.63) is 27.7 Å². The predicted octanol–water partition coefficient (Wildman–Crippen LogP) is 4.00. The molecule has 0 spiro atoms. The second-order valence-electron chi connectivity index (χ2n) is 5.86. The number of ether oxygens (including phenoxy) is 2. The Hall–Kier alpha value is -1.46. The van der Waals surface area contributed by atoms with E-state index in [1.165, 1.54) is 25.7 Å². The van der Waals surface area contributed by atoms with Crippen molar-refractivity contribution in [1.82, 2.24) is 5.32 Å². The van der Waals surface area contributed by atoms with E-state index in [4.69, 9.17) is 32.7 Å². The summed E-state index contributed by atoms with van der Waals surface area (Å²) < 4.78 is 10.2. The smallest absolute Gasteiger partial charge is 0.339 e. The number of benzene rings is 1. The monoisotopic (exact) mass is 373 g/mol. The van der Waals surface area contributed by atoms with Crippen LogP contribution in [0.25, 0.3) is 0 Å². The first-order valence-corrected chi connectivity index (χ1v) is 8.72. The van der Waals surface area contributed by atoms with E-state index in [1.54, 1.807) is 6.92 Å². The summed E-state index contributed by atoms with van der Waals surface area (Å²) in [6.07, 6.45) is 4.48. The Balaban J connectivity index is 1.96. The molecular formula is C17H21Cl2NO4. The van der Waals surface area contributed by atoms with Gasteiger partial charge in [-0.25, -0.2) is 4.79 Å². The summed E-state index contributed by atoms with van der Waals surface area (Å²) in [7, 11) is 1.43. The topological polar surface area (TPSA) is 64.6 Å². The van der Waals surface area contributed by atoms with Crippen molar-refractivity contribution in [2.75, 3.05) is 7.11 Å². The summed E-state index contributed by atoms with van der Waals surface area (Å²) in [4.78, 5) is 24.3. The van der Waals surface area contributed by atoms with Crippen LogP contribution in [-0.2, 0) is 9.53 Å². The molecule has 0 heterocycles. The Kier molecular flexibility index (Phi) is 6.75. The van der Waals surface area contributed by atoms with Crippen molar-refractivity contribution < 1.29 is 19.1 Å². The molecule has 1 aromatic rings. The second-order valence-corrected chi connectivity index (χ2v) is 6.68. The molecule has 0 unspecified atom stereocenters. The number of nitrogens with one attached hydrogen (secondary N) is 1. The van der Waals surface area contributed by atoms with E-state index in [-0.39, 0.29) is 33.3 Å². The van der Waals surface area contributed by atoms with Crippen LogP contribution in [0.5, 0.6) is 5.75 Å². The zero-order chi connectivity index (χ0) is 17.7. The molecule has 7 heteroatoms. The Bertz CT molecular complexity index is 592. The molecule has 24 heavy (non-hydrogen) atoms. The minimum Gasteiger partial charge on any atom is -0.494 e. The van der Waals surface area contributed by atoms with Crippen LogP contribution in [0.4, 0.5) is 0 Å². The highest BCUT2D eigenvalue weighted by Gasteiger charge is 2.23. The van der Waals surface area contributed by atoms with Gasteiger partial charge in [-0.2, -0.15) is 0 Å². The highest BCUT2D eigenvalue weighted by Crippen LogP contribution is 2.34. The number of hydrogen-bond acceptors (Lipinski definition) is 4. The minimum absolute atomic E-state index is 0.164. The van der Waals surface area contributed by atoms with E-state index in [0.29, 0.717) is 0 Å². The maximum Gasteiger partial charge on any atom is 0.339 e. The number of halogens is 2. The summed E-state index contributed by atoms with van der Waals surface area (Å²) in [5.74, 6) is -0.660. The first-order valence-electron chi connectivity index (χ1n) is 7.96. The maximum atomic E-state index is 12.2. The van der Waals surface area contributed by atoms with Crippen molar-refractivity contribution in [3.63, 3.8) is 0 Å². The first kappa shape index (κ1) is 18.9. The zero-order valence-electron chi connectivity index (χ0n) is 13.7. The van der Waals surface area contributed by atoms with E-state index in [1.807, 2.05) is 0 Å². The van der Waals surface area contributed by atoms with Crippen LogP contribution in [0.2, 0.25) is 10.0 Å². The van der Waals surface area contributed by atoms with Gasteiger partial charge in [0.1, 0.15) is 0 Å². The molecule has 1 amide bonds. The zero-order valence-corrected chi connectivity index (χ0v) is 15.2. The molecule has 0 radical (unpaired) electrons. The van der Waals surface area contributed by atoms with E-state index in [9.17, 15) is 9.59 Å². The van der Waals surface area contributed by atoms with E-state index >= 15 is 0 Å². The van der Waals surface area contributed by atoms with Gasteiger partial charge in [-0.1, -0.05) is 42.5 Å². The molecule has 0 aliphatic heterocycles. The van der Waals surface area contributed by atoms with Gasteiger partial charge in [-0.05, 0) is 31.9 Å². The Morgan fingerprint density at radius 1 is 1.17 bits per heavy atom. The van der Waals surface area contributed by atoms with Gasteiger partial charge in [0.05, 0.1) is 22.7 Å². The predicted molar refractivity (Wildman–Crippen MR) is 92.9 cm³/mol. The summed E-state index contributed by atoms with van der Waals surface area (Å²) in [6.45, 7) is 1.54. The molecule has 1 aromatic carbocycles. The second kappa shape index (κ2) is 8.58. The Morgan fingerprint density at radius 3 is 2.29 bits per heavy atom. The normalized spacial score (nSPS) is 16.3. The molecule has 1 saturated carbocycles. The number of amides is 1. The standard InChI is InChI=1S/C17H21Cl2NO4/c1-10(16(21)20-12-6-4-3-5-7-12)24-17(22)11-8-13(18)15(23-2)14(19)9-11/h8-10,12H,3-7H2,1-2H3,(H,20,21)/t10-/m1/s1. The third-order valence-electron chi connectivity index (χ3n) is 4.04. The summed E-state index contributed by atoms with van der Waals surface area (Å²) >= 11 is 12.0. The van der Waals surface area contributed by atoms with Gasteiger partial charge in [0.2, 0.25) is 0 Å². The van der Waals surface area contributed by atoms with Crippen LogP contribution < -0.4 is 10.1 Å². The van der Waals surface area contributed by atoms with E-state index in [0.717, 1.165) is 25.7 Å². The molecule has 2 rings (SSSR count). The molecule has 0 saturated heterocycles. The fourth-order valence-electron chi connectivity index (χ4n) is 2.72. The van der Waals surface area contributed by atoms with Gasteiger partial charge in [0.15, 0.2) is 11.9 Å². The Morgan fingerprint density at radius 2 is 1.75 bits per heavy atom. The van der Waals surface area contributed by atoms with Gasteiger partial charge in [-0.15, -0.1) is 0 Å². The van der Waals surface area contributed by atoms with Crippen LogP contribution in [0.1, 0.15) is 49.4 Å². The molecule has 1 fully saturated rings. The SMILES string of the molecule is COc1c(Cl)cc(C(=O)O[C@H](C)C(=O)NC2CCCCC2)cc1Cl. The fraction of sp³-hybridized carbons (Fsp3) is 0.529. The lowest BCUT2D eigenvalue weighted by molar-refractivity contribution is -0.130. The summed E-state index contributed by atoms with van der Waals surface area (Å²) in [5.41, 5.74) is 0.170. The maximum absolute atomic E-state index is 12.2. The van der Waals surface area contributed by atoms with Gasteiger partial charge in [0, 0.05) is 6.04 Å². The van der Waals surface area contributed by atoms with Crippen LogP contribution in [0.15, 0.2) is 12.1 Å². The molecule has 0 bridgehead atoms. The highest BCUT2D eigenvalue weighted by atomic mass is 35.5. The van der Waals surface area contributed by atoms with Crippen LogP contribution in [0.3, 0.4) is 0 Å². The summed E-state index contributed by atoms with van der Waals surface area (Å²) in [6, 6.07) is 2.97. The molecule has 1 atom stereocenters. The van der Waals surface area contributed by atoms with Gasteiger partial charge in [0.25, 0.3) is 5.91 Å². The van der Waals surface area contributed by atoms with Gasteiger partial charge >= 0.3 is 5.97 Å². The van der Waals surface area contributed by atoms with Crippen molar-refractivity contribution in [3.8, 4) is 5.75 Å². The number of rotatable bonds is 5. The number of esters is 1. The quantitative estimate of drug-likeness (QED) is 0.792. The molecule has 0 aromatic heterocycles. The molecule has 1 aliphatic carbocycles. The number of carbonyl (C=O) groups excluding carboxylic acids is 2. The lowest BCUT2D eigenvalue weighted by atomic mass is 9.95. The number of carbonyl (C=O) groups is 2.